The van der Waals surface area contributed by atoms with E-state index in [1.165, 1.54) is 0 Å². The Morgan fingerprint density at radius 1 is 1.62 bits per heavy atom. The van der Waals surface area contributed by atoms with E-state index in [-0.39, 0.29) is 0 Å². The Labute approximate surface area is 55.2 Å². The number of hydrogen-bond donors (Lipinski definition) is 0. The van der Waals surface area contributed by atoms with Crippen LogP contribution in [0.25, 0.3) is 0 Å². The van der Waals surface area contributed by atoms with Crippen molar-refractivity contribution in [2.45, 2.75) is 6.92 Å². The molecule has 0 aromatic rings. The highest BCUT2D eigenvalue weighted by molar-refractivity contribution is 6.31. The number of hydrogen-bond acceptors (Lipinski definition) is 0. The Bertz CT molecular complexity index is 131. The smallest absolute Gasteiger partial charge is 0.0402 e. The van der Waals surface area contributed by atoms with Crippen LogP contribution in [-0.4, -0.2) is 0 Å². The SMILES string of the molecule is C=CC(Cl)=CC(=C)C. The maximum Gasteiger partial charge on any atom is 0.0402 e. The first kappa shape index (κ1) is 7.51. The highest BCUT2D eigenvalue weighted by Gasteiger charge is 1.79. The number of rotatable bonds is 2. The van der Waals surface area contributed by atoms with Gasteiger partial charge in [-0.3, -0.25) is 0 Å². The summed E-state index contributed by atoms with van der Waals surface area (Å²) in [5, 5.41) is 0.637. The highest BCUT2D eigenvalue weighted by Crippen LogP contribution is 2.04. The van der Waals surface area contributed by atoms with E-state index >= 15 is 0 Å². The summed E-state index contributed by atoms with van der Waals surface area (Å²) in [5.41, 5.74) is 0.940. The van der Waals surface area contributed by atoms with Crippen molar-refractivity contribution in [2.24, 2.45) is 0 Å². The largest absolute Gasteiger partial charge is 0.0976 e. The van der Waals surface area contributed by atoms with Gasteiger partial charge in [0.25, 0.3) is 0 Å². The second-order valence-electron chi connectivity index (χ2n) is 1.58. The Morgan fingerprint density at radius 3 is 2.25 bits per heavy atom. The molecular weight excluding hydrogens is 120 g/mol. The summed E-state index contributed by atoms with van der Waals surface area (Å²) in [4.78, 5) is 0. The van der Waals surface area contributed by atoms with Gasteiger partial charge in [0.05, 0.1) is 0 Å². The van der Waals surface area contributed by atoms with E-state index in [0.717, 1.165) is 5.57 Å². The first-order valence-electron chi connectivity index (χ1n) is 2.32. The fraction of sp³-hybridized carbons (Fsp3) is 0.143. The molecule has 0 aliphatic rings. The van der Waals surface area contributed by atoms with Gasteiger partial charge in [0.2, 0.25) is 0 Å². The third-order valence-corrected chi connectivity index (χ3v) is 0.843. The molecule has 0 amide bonds. The van der Waals surface area contributed by atoms with Gasteiger partial charge >= 0.3 is 0 Å². The van der Waals surface area contributed by atoms with E-state index in [0.29, 0.717) is 5.03 Å². The number of allylic oxidation sites excluding steroid dienone is 4. The van der Waals surface area contributed by atoms with Gasteiger partial charge in [0, 0.05) is 5.03 Å². The fourth-order valence-electron chi connectivity index (χ4n) is 0.294. The van der Waals surface area contributed by atoms with Crippen LogP contribution in [0.4, 0.5) is 0 Å². The summed E-state index contributed by atoms with van der Waals surface area (Å²) in [6, 6.07) is 0. The zero-order valence-electron chi connectivity index (χ0n) is 4.95. The maximum atomic E-state index is 5.54. The third-order valence-electron chi connectivity index (χ3n) is 0.579. The van der Waals surface area contributed by atoms with Gasteiger partial charge in [-0.05, 0) is 13.0 Å². The lowest BCUT2D eigenvalue weighted by molar-refractivity contribution is 1.55. The first-order chi connectivity index (χ1) is 3.66. The number of halogens is 1. The minimum Gasteiger partial charge on any atom is -0.0976 e. The third kappa shape index (κ3) is 3.69. The molecule has 0 saturated heterocycles. The molecule has 0 aliphatic heterocycles. The molecule has 0 rings (SSSR count). The summed E-state index contributed by atoms with van der Waals surface area (Å²) in [5.74, 6) is 0. The zero-order valence-corrected chi connectivity index (χ0v) is 5.70. The quantitative estimate of drug-likeness (QED) is 0.502. The molecule has 8 heavy (non-hydrogen) atoms. The van der Waals surface area contributed by atoms with Crippen LogP contribution in [0.3, 0.4) is 0 Å². The monoisotopic (exact) mass is 128 g/mol. The van der Waals surface area contributed by atoms with Crippen LogP contribution in [0.2, 0.25) is 0 Å². The molecule has 0 spiro atoms. The molecule has 1 heteroatoms. The lowest BCUT2D eigenvalue weighted by atomic mass is 10.3. The molecule has 0 aliphatic carbocycles. The van der Waals surface area contributed by atoms with Gasteiger partial charge in [-0.15, -0.1) is 0 Å². The van der Waals surface area contributed by atoms with Crippen LogP contribution in [0, 0.1) is 0 Å². The second-order valence-corrected chi connectivity index (χ2v) is 2.02. The predicted octanol–water partition coefficient (Wildman–Crippen LogP) is 2.87. The van der Waals surface area contributed by atoms with Crippen LogP contribution < -0.4 is 0 Å². The molecule has 0 heterocycles. The van der Waals surface area contributed by atoms with Crippen molar-refractivity contribution >= 4 is 11.6 Å². The molecule has 0 aromatic heterocycles. The summed E-state index contributed by atoms with van der Waals surface area (Å²) in [6.45, 7) is 8.99. The highest BCUT2D eigenvalue weighted by atomic mass is 35.5. The molecule has 44 valence electrons. The average Bonchev–Trinajstić information content (AvgIpc) is 1.65. The zero-order chi connectivity index (χ0) is 6.57. The van der Waals surface area contributed by atoms with Crippen molar-refractivity contribution < 1.29 is 0 Å². The van der Waals surface area contributed by atoms with Crippen LogP contribution in [0.1, 0.15) is 6.92 Å². The molecule has 0 bridgehead atoms. The molecule has 0 N–H and O–H groups in total. The van der Waals surface area contributed by atoms with Crippen molar-refractivity contribution in [3.8, 4) is 0 Å². The minimum atomic E-state index is 0.637. The molecule has 0 fully saturated rings. The summed E-state index contributed by atoms with van der Waals surface area (Å²) in [6.07, 6.45) is 3.34. The minimum absolute atomic E-state index is 0.637. The van der Waals surface area contributed by atoms with E-state index in [4.69, 9.17) is 11.6 Å². The van der Waals surface area contributed by atoms with Gasteiger partial charge in [-0.2, -0.15) is 0 Å². The Balaban J connectivity index is 3.94. The van der Waals surface area contributed by atoms with E-state index in [1.807, 2.05) is 6.92 Å². The van der Waals surface area contributed by atoms with Crippen molar-refractivity contribution in [1.29, 1.82) is 0 Å². The van der Waals surface area contributed by atoms with E-state index < -0.39 is 0 Å². The fourth-order valence-corrected chi connectivity index (χ4v) is 0.481. The van der Waals surface area contributed by atoms with Gasteiger partial charge in [0.1, 0.15) is 0 Å². The van der Waals surface area contributed by atoms with Crippen molar-refractivity contribution in [1.82, 2.24) is 0 Å². The molecule has 0 radical (unpaired) electrons. The van der Waals surface area contributed by atoms with Gasteiger partial charge < -0.3 is 0 Å². The van der Waals surface area contributed by atoms with E-state index in [2.05, 4.69) is 13.2 Å². The van der Waals surface area contributed by atoms with Gasteiger partial charge in [-0.25, -0.2) is 0 Å². The standard InChI is InChI=1S/C7H9Cl/c1-4-7(8)5-6(2)3/h4-5H,1-2H2,3H3. The van der Waals surface area contributed by atoms with Crippen molar-refractivity contribution in [3.63, 3.8) is 0 Å². The van der Waals surface area contributed by atoms with E-state index in [9.17, 15) is 0 Å². The van der Waals surface area contributed by atoms with Crippen LogP contribution in [-0.2, 0) is 0 Å². The Hall–Kier alpha value is -0.490. The molecule has 0 saturated carbocycles. The normalized spacial score (nSPS) is 11.0. The lowest BCUT2D eigenvalue weighted by Gasteiger charge is -1.85. The topological polar surface area (TPSA) is 0 Å². The average molecular weight is 129 g/mol. The van der Waals surface area contributed by atoms with Crippen LogP contribution in [0.15, 0.2) is 35.9 Å². The summed E-state index contributed by atoms with van der Waals surface area (Å²) < 4.78 is 0. The molecule has 0 nitrogen and oxygen atoms in total. The first-order valence-corrected chi connectivity index (χ1v) is 2.69. The Kier molecular flexibility index (Phi) is 3.29. The summed E-state index contributed by atoms with van der Waals surface area (Å²) >= 11 is 5.54. The van der Waals surface area contributed by atoms with Crippen molar-refractivity contribution in [3.05, 3.63) is 35.9 Å². The van der Waals surface area contributed by atoms with E-state index in [1.54, 1.807) is 12.2 Å². The van der Waals surface area contributed by atoms with Crippen LogP contribution in [0.5, 0.6) is 0 Å². The Morgan fingerprint density at radius 2 is 2.12 bits per heavy atom. The predicted molar refractivity (Wildman–Crippen MR) is 38.9 cm³/mol. The maximum absolute atomic E-state index is 5.54. The van der Waals surface area contributed by atoms with Crippen LogP contribution >= 0.6 is 11.6 Å². The second kappa shape index (κ2) is 3.50. The molecular formula is C7H9Cl. The molecule has 0 atom stereocenters. The summed E-state index contributed by atoms with van der Waals surface area (Å²) in [7, 11) is 0. The van der Waals surface area contributed by atoms with Gasteiger partial charge in [0.15, 0.2) is 0 Å². The van der Waals surface area contributed by atoms with Gasteiger partial charge in [-0.1, -0.05) is 36.4 Å². The molecule has 0 aromatic carbocycles. The van der Waals surface area contributed by atoms with Crippen molar-refractivity contribution in [2.75, 3.05) is 0 Å². The molecule has 0 unspecified atom stereocenters. The lowest BCUT2D eigenvalue weighted by Crippen LogP contribution is -1.63.